The summed E-state index contributed by atoms with van der Waals surface area (Å²) < 4.78 is 2.41. The van der Waals surface area contributed by atoms with E-state index in [4.69, 9.17) is 12.2 Å². The second kappa shape index (κ2) is 5.71. The van der Waals surface area contributed by atoms with Crippen molar-refractivity contribution in [2.45, 2.75) is 40.4 Å². The minimum atomic E-state index is -1.29. The van der Waals surface area contributed by atoms with Crippen LogP contribution in [-0.2, 0) is 0 Å². The first kappa shape index (κ1) is 13.9. The van der Waals surface area contributed by atoms with Crippen LogP contribution in [-0.4, -0.2) is 42.4 Å². The maximum absolute atomic E-state index is 5.53. The van der Waals surface area contributed by atoms with Crippen molar-refractivity contribution < 1.29 is 0 Å². The van der Waals surface area contributed by atoms with Crippen molar-refractivity contribution in [3.63, 3.8) is 0 Å². The smallest absolute Gasteiger partial charge is 0.163 e. The summed E-state index contributed by atoms with van der Waals surface area (Å²) in [5.41, 5.74) is 0. The summed E-state index contributed by atoms with van der Waals surface area (Å²) in [5.74, 6) is 0. The van der Waals surface area contributed by atoms with Gasteiger partial charge in [-0.1, -0.05) is 19.6 Å². The van der Waals surface area contributed by atoms with Gasteiger partial charge in [0.05, 0.1) is 0 Å². The first-order valence-corrected chi connectivity index (χ1v) is 9.30. The van der Waals surface area contributed by atoms with E-state index in [9.17, 15) is 0 Å². The van der Waals surface area contributed by atoms with Gasteiger partial charge in [-0.2, -0.15) is 0 Å². The van der Waals surface area contributed by atoms with E-state index in [0.29, 0.717) is 0 Å². The van der Waals surface area contributed by atoms with Gasteiger partial charge in [0.1, 0.15) is 8.24 Å². The van der Waals surface area contributed by atoms with Crippen molar-refractivity contribution >= 4 is 25.6 Å². The van der Waals surface area contributed by atoms with Crippen LogP contribution in [0.1, 0.15) is 20.8 Å². The van der Waals surface area contributed by atoms with Gasteiger partial charge in [-0.3, -0.25) is 0 Å². The van der Waals surface area contributed by atoms with E-state index in [0.717, 1.165) is 24.7 Å². The van der Waals surface area contributed by atoms with E-state index in [1.807, 2.05) is 0 Å². The highest BCUT2D eigenvalue weighted by atomic mass is 32.1. The van der Waals surface area contributed by atoms with Crippen molar-refractivity contribution in [2.24, 2.45) is 0 Å². The highest BCUT2D eigenvalue weighted by Gasteiger charge is 2.26. The van der Waals surface area contributed by atoms with Gasteiger partial charge in [0.15, 0.2) is 5.11 Å². The molecule has 0 saturated heterocycles. The molecule has 14 heavy (non-hydrogen) atoms. The molecule has 2 nitrogen and oxygen atoms in total. The third-order valence-corrected chi connectivity index (χ3v) is 5.18. The molecule has 0 aromatic carbocycles. The first-order chi connectivity index (χ1) is 6.38. The third kappa shape index (κ3) is 3.57. The number of hydrogen-bond acceptors (Lipinski definition) is 1. The molecule has 0 rings (SSSR count). The largest absolute Gasteiger partial charge is 0.377 e. The third-order valence-electron chi connectivity index (χ3n) is 2.39. The average Bonchev–Trinajstić information content (AvgIpc) is 2.05. The molecule has 0 saturated carbocycles. The summed E-state index contributed by atoms with van der Waals surface area (Å²) in [6.45, 7) is 16.6. The summed E-state index contributed by atoms with van der Waals surface area (Å²) >= 11 is 5.53. The Hall–Kier alpha value is -0.0931. The number of nitrogens with zero attached hydrogens (tertiary/aromatic N) is 2. The monoisotopic (exact) mass is 232 g/mol. The molecule has 4 heteroatoms. The quantitative estimate of drug-likeness (QED) is 0.544. The Kier molecular flexibility index (Phi) is 5.67. The molecule has 84 valence electrons. The lowest BCUT2D eigenvalue weighted by atomic mass is 10.5. The fraction of sp³-hybridized carbons (Fsp3) is 0.900. The predicted molar refractivity (Wildman–Crippen MR) is 71.2 cm³/mol. The van der Waals surface area contributed by atoms with E-state index < -0.39 is 8.24 Å². The molecule has 0 radical (unpaired) electrons. The van der Waals surface area contributed by atoms with Gasteiger partial charge in [0.25, 0.3) is 0 Å². The van der Waals surface area contributed by atoms with Gasteiger partial charge in [-0.25, -0.2) is 0 Å². The maximum atomic E-state index is 5.53. The molecule has 0 aromatic heterocycles. The second-order valence-corrected chi connectivity index (χ2v) is 9.62. The lowest BCUT2D eigenvalue weighted by Gasteiger charge is -2.39. The van der Waals surface area contributed by atoms with Gasteiger partial charge in [0, 0.05) is 19.6 Å². The van der Waals surface area contributed by atoms with Gasteiger partial charge in [0.2, 0.25) is 0 Å². The molecule has 0 aliphatic carbocycles. The zero-order valence-corrected chi connectivity index (χ0v) is 12.2. The van der Waals surface area contributed by atoms with E-state index in [-0.39, 0.29) is 0 Å². The van der Waals surface area contributed by atoms with Crippen LogP contribution in [0.25, 0.3) is 0 Å². The molecule has 0 amide bonds. The molecule has 0 N–H and O–H groups in total. The average molecular weight is 232 g/mol. The zero-order valence-electron chi connectivity index (χ0n) is 10.4. The van der Waals surface area contributed by atoms with Crippen LogP contribution >= 0.6 is 12.2 Å². The maximum Gasteiger partial charge on any atom is 0.163 e. The van der Waals surface area contributed by atoms with E-state index in [1.54, 1.807) is 0 Å². The Balaban J connectivity index is 4.61. The Morgan fingerprint density at radius 2 is 1.43 bits per heavy atom. The van der Waals surface area contributed by atoms with E-state index >= 15 is 0 Å². The Bertz CT molecular complexity index is 185. The van der Waals surface area contributed by atoms with Crippen LogP contribution in [0.4, 0.5) is 0 Å². The fourth-order valence-electron chi connectivity index (χ4n) is 1.56. The van der Waals surface area contributed by atoms with Gasteiger partial charge in [-0.15, -0.1) is 0 Å². The van der Waals surface area contributed by atoms with Crippen LogP contribution in [0.15, 0.2) is 0 Å². The predicted octanol–water partition coefficient (Wildman–Crippen LogP) is 2.77. The van der Waals surface area contributed by atoms with Crippen molar-refractivity contribution in [3.8, 4) is 0 Å². The van der Waals surface area contributed by atoms with E-state index in [2.05, 4.69) is 49.9 Å². The standard InChI is InChI=1S/C10H24N2SSi/c1-7-11(8-2)10(13)12(9-3)14(4,5)6/h7-9H2,1-6H3. The molecular weight excluding hydrogens is 208 g/mol. The van der Waals surface area contributed by atoms with Crippen LogP contribution < -0.4 is 0 Å². The molecule has 0 aromatic rings. The normalized spacial score (nSPS) is 11.3. The molecule has 0 aliphatic rings. The van der Waals surface area contributed by atoms with Gasteiger partial charge >= 0.3 is 0 Å². The van der Waals surface area contributed by atoms with Crippen LogP contribution in [0.2, 0.25) is 19.6 Å². The lowest BCUT2D eigenvalue weighted by Crippen LogP contribution is -2.54. The lowest BCUT2D eigenvalue weighted by molar-refractivity contribution is 0.420. The number of thiocarbonyl (C=S) groups is 1. The SMILES string of the molecule is CCN(CC)C(=S)N(CC)[Si](C)(C)C. The van der Waals surface area contributed by atoms with Crippen molar-refractivity contribution in [3.05, 3.63) is 0 Å². The molecule has 0 spiro atoms. The Labute approximate surface area is 95.4 Å². The summed E-state index contributed by atoms with van der Waals surface area (Å²) in [6.07, 6.45) is 0. The molecular formula is C10H24N2SSi. The minimum absolute atomic E-state index is 1.01. The minimum Gasteiger partial charge on any atom is -0.377 e. The highest BCUT2D eigenvalue weighted by molar-refractivity contribution is 7.80. The fourth-order valence-corrected chi connectivity index (χ4v) is 4.43. The van der Waals surface area contributed by atoms with Crippen molar-refractivity contribution in [1.29, 1.82) is 0 Å². The molecule has 0 atom stereocenters. The molecule has 0 aliphatic heterocycles. The van der Waals surface area contributed by atoms with Crippen molar-refractivity contribution in [2.75, 3.05) is 19.6 Å². The van der Waals surface area contributed by atoms with E-state index in [1.165, 1.54) is 0 Å². The summed E-state index contributed by atoms with van der Waals surface area (Å²) in [5, 5.41) is 1.04. The number of hydrogen-bond donors (Lipinski definition) is 0. The molecule has 0 unspecified atom stereocenters. The summed E-state index contributed by atoms with van der Waals surface area (Å²) in [4.78, 5) is 2.26. The Morgan fingerprint density at radius 1 is 1.00 bits per heavy atom. The topological polar surface area (TPSA) is 6.48 Å². The summed E-state index contributed by atoms with van der Waals surface area (Å²) in [7, 11) is -1.29. The van der Waals surface area contributed by atoms with Gasteiger partial charge < -0.3 is 9.47 Å². The van der Waals surface area contributed by atoms with Crippen LogP contribution in [0.5, 0.6) is 0 Å². The first-order valence-electron chi connectivity index (χ1n) is 5.44. The van der Waals surface area contributed by atoms with Crippen LogP contribution in [0.3, 0.4) is 0 Å². The zero-order chi connectivity index (χ0) is 11.4. The molecule has 0 heterocycles. The Morgan fingerprint density at radius 3 is 1.64 bits per heavy atom. The highest BCUT2D eigenvalue weighted by Crippen LogP contribution is 2.12. The molecule has 0 fully saturated rings. The second-order valence-electron chi connectivity index (χ2n) is 4.37. The van der Waals surface area contributed by atoms with Crippen LogP contribution in [0, 0.1) is 0 Å². The van der Waals surface area contributed by atoms with Gasteiger partial charge in [-0.05, 0) is 33.0 Å². The molecule has 0 bridgehead atoms. The summed E-state index contributed by atoms with van der Waals surface area (Å²) in [6, 6.07) is 0. The van der Waals surface area contributed by atoms with Crippen molar-refractivity contribution in [1.82, 2.24) is 9.47 Å². The number of rotatable bonds is 4.